The topological polar surface area (TPSA) is 80.9 Å². The second-order valence-corrected chi connectivity index (χ2v) is 6.36. The number of amides is 1. The molecular formula is C15H20Cl2N4OS. The molecule has 3 rings (SSSR count). The van der Waals surface area contributed by atoms with E-state index in [-0.39, 0.29) is 42.8 Å². The molecule has 0 bridgehead atoms. The second kappa shape index (κ2) is 9.17. The third-order valence-corrected chi connectivity index (χ3v) is 4.74. The Bertz CT molecular complexity index is 615. The Morgan fingerprint density at radius 2 is 1.91 bits per heavy atom. The van der Waals surface area contributed by atoms with Crippen LogP contribution >= 0.6 is 36.2 Å². The van der Waals surface area contributed by atoms with Crippen LogP contribution in [0.1, 0.15) is 35.4 Å². The summed E-state index contributed by atoms with van der Waals surface area (Å²) in [7, 11) is 0. The second-order valence-electron chi connectivity index (χ2n) is 5.33. The Morgan fingerprint density at radius 3 is 2.57 bits per heavy atom. The number of carbonyl (C=O) groups excluding carboxylic acids is 1. The quantitative estimate of drug-likeness (QED) is 0.864. The SMILES string of the molecule is Cl.Cl.NC1CCC(NC(=O)c2cnc(-c3ccccn3)s2)CC1. The summed E-state index contributed by atoms with van der Waals surface area (Å²) >= 11 is 1.37. The molecule has 2 aromatic rings. The first kappa shape index (κ1) is 19.8. The lowest BCUT2D eigenvalue weighted by Crippen LogP contribution is -2.40. The zero-order valence-corrected chi connectivity index (χ0v) is 14.9. The molecule has 2 aromatic heterocycles. The van der Waals surface area contributed by atoms with Crippen LogP contribution in [-0.4, -0.2) is 28.0 Å². The molecule has 1 saturated carbocycles. The van der Waals surface area contributed by atoms with Crippen LogP contribution in [0.3, 0.4) is 0 Å². The molecular weight excluding hydrogens is 355 g/mol. The Morgan fingerprint density at radius 1 is 1.17 bits per heavy atom. The molecule has 0 aromatic carbocycles. The average molecular weight is 375 g/mol. The lowest BCUT2D eigenvalue weighted by Gasteiger charge is -2.26. The predicted octanol–water partition coefficient (Wildman–Crippen LogP) is 3.05. The van der Waals surface area contributed by atoms with E-state index in [2.05, 4.69) is 15.3 Å². The molecule has 1 fully saturated rings. The van der Waals surface area contributed by atoms with E-state index in [0.717, 1.165) is 36.4 Å². The lowest BCUT2D eigenvalue weighted by atomic mass is 9.92. The highest BCUT2D eigenvalue weighted by molar-refractivity contribution is 7.16. The van der Waals surface area contributed by atoms with Crippen LogP contribution in [0.25, 0.3) is 10.7 Å². The molecule has 0 atom stereocenters. The Labute approximate surface area is 151 Å². The number of nitrogens with one attached hydrogen (secondary N) is 1. The highest BCUT2D eigenvalue weighted by Gasteiger charge is 2.21. The number of hydrogen-bond donors (Lipinski definition) is 2. The predicted molar refractivity (Wildman–Crippen MR) is 97.5 cm³/mol. The van der Waals surface area contributed by atoms with E-state index in [1.165, 1.54) is 11.3 Å². The van der Waals surface area contributed by atoms with Crippen molar-refractivity contribution < 1.29 is 4.79 Å². The molecule has 1 aliphatic rings. The summed E-state index contributed by atoms with van der Waals surface area (Å²) in [6, 6.07) is 6.19. The standard InChI is InChI=1S/C15H18N4OS.2ClH/c16-10-4-6-11(7-5-10)19-14(20)13-9-18-15(21-13)12-3-1-2-8-17-12;;/h1-3,8-11H,4-7,16H2,(H,19,20);2*1H. The van der Waals surface area contributed by atoms with E-state index in [1.807, 2.05) is 18.2 Å². The van der Waals surface area contributed by atoms with Gasteiger partial charge in [0, 0.05) is 18.3 Å². The molecule has 0 spiro atoms. The van der Waals surface area contributed by atoms with Crippen LogP contribution in [0.15, 0.2) is 30.6 Å². The molecule has 0 radical (unpaired) electrons. The summed E-state index contributed by atoms with van der Waals surface area (Å²) in [5, 5.41) is 3.85. The van der Waals surface area contributed by atoms with E-state index < -0.39 is 0 Å². The summed E-state index contributed by atoms with van der Waals surface area (Å²) in [5.74, 6) is -0.0462. The molecule has 3 N–H and O–H groups in total. The van der Waals surface area contributed by atoms with Gasteiger partial charge in [0.15, 0.2) is 0 Å². The number of hydrogen-bond acceptors (Lipinski definition) is 5. The van der Waals surface area contributed by atoms with Gasteiger partial charge in [0.1, 0.15) is 9.88 Å². The summed E-state index contributed by atoms with van der Waals surface area (Å²) in [6.45, 7) is 0. The summed E-state index contributed by atoms with van der Waals surface area (Å²) in [6.07, 6.45) is 7.22. The number of halogens is 2. The van der Waals surface area contributed by atoms with Gasteiger partial charge in [0.2, 0.25) is 0 Å². The van der Waals surface area contributed by atoms with Crippen molar-refractivity contribution in [2.75, 3.05) is 0 Å². The first-order valence-electron chi connectivity index (χ1n) is 7.16. The number of thiazole rings is 1. The first-order valence-corrected chi connectivity index (χ1v) is 7.97. The van der Waals surface area contributed by atoms with E-state index in [1.54, 1.807) is 12.4 Å². The smallest absolute Gasteiger partial charge is 0.263 e. The summed E-state index contributed by atoms with van der Waals surface area (Å²) in [4.78, 5) is 21.4. The maximum Gasteiger partial charge on any atom is 0.263 e. The minimum Gasteiger partial charge on any atom is -0.349 e. The number of carbonyl (C=O) groups is 1. The molecule has 0 unspecified atom stereocenters. The van der Waals surface area contributed by atoms with Gasteiger partial charge in [-0.05, 0) is 37.8 Å². The van der Waals surface area contributed by atoms with Crippen molar-refractivity contribution in [1.82, 2.24) is 15.3 Å². The van der Waals surface area contributed by atoms with Crippen molar-refractivity contribution >= 4 is 42.1 Å². The van der Waals surface area contributed by atoms with E-state index >= 15 is 0 Å². The zero-order valence-electron chi connectivity index (χ0n) is 12.5. The third kappa shape index (κ3) is 5.14. The monoisotopic (exact) mass is 374 g/mol. The van der Waals surface area contributed by atoms with Crippen LogP contribution < -0.4 is 11.1 Å². The maximum absolute atomic E-state index is 12.2. The molecule has 1 aliphatic carbocycles. The minimum absolute atomic E-state index is 0. The first-order chi connectivity index (χ1) is 10.2. The number of rotatable bonds is 3. The van der Waals surface area contributed by atoms with E-state index in [9.17, 15) is 4.79 Å². The van der Waals surface area contributed by atoms with Crippen LogP contribution in [0.2, 0.25) is 0 Å². The van der Waals surface area contributed by atoms with Gasteiger partial charge in [-0.25, -0.2) is 4.98 Å². The van der Waals surface area contributed by atoms with Crippen LogP contribution in [0.5, 0.6) is 0 Å². The molecule has 23 heavy (non-hydrogen) atoms. The molecule has 0 saturated heterocycles. The Kier molecular flexibility index (Phi) is 7.91. The Hall–Kier alpha value is -1.21. The van der Waals surface area contributed by atoms with Crippen molar-refractivity contribution in [3.8, 4) is 10.7 Å². The number of pyridine rings is 1. The van der Waals surface area contributed by atoms with Crippen molar-refractivity contribution in [2.45, 2.75) is 37.8 Å². The normalized spacial score (nSPS) is 20.0. The van der Waals surface area contributed by atoms with Gasteiger partial charge in [-0.1, -0.05) is 6.07 Å². The van der Waals surface area contributed by atoms with Crippen LogP contribution in [0, 0.1) is 0 Å². The van der Waals surface area contributed by atoms with Gasteiger partial charge >= 0.3 is 0 Å². The molecule has 5 nitrogen and oxygen atoms in total. The van der Waals surface area contributed by atoms with Gasteiger partial charge in [-0.15, -0.1) is 36.2 Å². The van der Waals surface area contributed by atoms with Crippen LogP contribution in [-0.2, 0) is 0 Å². The molecule has 8 heteroatoms. The van der Waals surface area contributed by atoms with Crippen molar-refractivity contribution in [3.05, 3.63) is 35.5 Å². The fourth-order valence-electron chi connectivity index (χ4n) is 2.51. The van der Waals surface area contributed by atoms with Crippen molar-refractivity contribution in [1.29, 1.82) is 0 Å². The Balaban J connectivity index is 0.00000132. The summed E-state index contributed by atoms with van der Waals surface area (Å²) in [5.41, 5.74) is 6.68. The molecule has 0 aliphatic heterocycles. The van der Waals surface area contributed by atoms with Gasteiger partial charge in [0.05, 0.1) is 11.9 Å². The fraction of sp³-hybridized carbons (Fsp3) is 0.400. The highest BCUT2D eigenvalue weighted by atomic mass is 35.5. The molecule has 126 valence electrons. The van der Waals surface area contributed by atoms with Gasteiger partial charge in [0.25, 0.3) is 5.91 Å². The number of aromatic nitrogens is 2. The number of nitrogens with zero attached hydrogens (tertiary/aromatic N) is 2. The average Bonchev–Trinajstić information content (AvgIpc) is 3.00. The zero-order chi connectivity index (χ0) is 14.7. The highest BCUT2D eigenvalue weighted by Crippen LogP contribution is 2.24. The van der Waals surface area contributed by atoms with E-state index in [4.69, 9.17) is 5.73 Å². The third-order valence-electron chi connectivity index (χ3n) is 3.72. The summed E-state index contributed by atoms with van der Waals surface area (Å²) < 4.78 is 0. The number of nitrogens with two attached hydrogens (primary N) is 1. The van der Waals surface area contributed by atoms with Crippen LogP contribution in [0.4, 0.5) is 0 Å². The molecule has 1 amide bonds. The van der Waals surface area contributed by atoms with Crippen molar-refractivity contribution in [3.63, 3.8) is 0 Å². The molecule has 2 heterocycles. The van der Waals surface area contributed by atoms with Crippen molar-refractivity contribution in [2.24, 2.45) is 5.73 Å². The largest absolute Gasteiger partial charge is 0.349 e. The fourth-order valence-corrected chi connectivity index (χ4v) is 3.30. The van der Waals surface area contributed by atoms with Gasteiger partial charge in [-0.2, -0.15) is 0 Å². The van der Waals surface area contributed by atoms with Gasteiger partial charge < -0.3 is 11.1 Å². The minimum atomic E-state index is -0.0462. The lowest BCUT2D eigenvalue weighted by molar-refractivity contribution is 0.0930. The van der Waals surface area contributed by atoms with E-state index in [0.29, 0.717) is 4.88 Å². The van der Waals surface area contributed by atoms with Gasteiger partial charge in [-0.3, -0.25) is 9.78 Å². The maximum atomic E-state index is 12.2.